The van der Waals surface area contributed by atoms with Crippen molar-refractivity contribution in [2.45, 2.75) is 31.8 Å². The monoisotopic (exact) mass is 242 g/mol. The van der Waals surface area contributed by atoms with Crippen LogP contribution < -0.4 is 0 Å². The molecular weight excluding hydrogens is 216 g/mol. The lowest BCUT2D eigenvalue weighted by Gasteiger charge is -2.30. The maximum absolute atomic E-state index is 10.1. The summed E-state index contributed by atoms with van der Waals surface area (Å²) in [5, 5.41) is 10.1. The molecule has 2 heterocycles. The Kier molecular flexibility index (Phi) is 5.71. The highest BCUT2D eigenvalue weighted by Gasteiger charge is 2.18. The highest BCUT2D eigenvalue weighted by Crippen LogP contribution is 2.10. The summed E-state index contributed by atoms with van der Waals surface area (Å²) < 4.78 is 5.31. The number of hydrogen-bond donors (Lipinski definition) is 1. The van der Waals surface area contributed by atoms with Crippen LogP contribution in [0, 0.1) is 0 Å². The Hall–Kier alpha value is -0.160. The highest BCUT2D eigenvalue weighted by atomic mass is 16.5. The molecule has 2 rings (SSSR count). The molecule has 1 N–H and O–H groups in total. The predicted octanol–water partition coefficient (Wildman–Crippen LogP) is 0.556. The Labute approximate surface area is 105 Å². The third-order valence-electron chi connectivity index (χ3n) is 3.74. The van der Waals surface area contributed by atoms with Gasteiger partial charge in [-0.2, -0.15) is 0 Å². The fourth-order valence-electron chi connectivity index (χ4n) is 2.76. The molecule has 2 saturated heterocycles. The third-order valence-corrected chi connectivity index (χ3v) is 3.74. The number of β-amino-alcohol motifs (C(OH)–C–C–N with tert-alkyl or cyclic N) is 1. The summed E-state index contributed by atoms with van der Waals surface area (Å²) in [7, 11) is 0. The third kappa shape index (κ3) is 4.92. The average molecular weight is 242 g/mol. The Morgan fingerprint density at radius 1 is 0.824 bits per heavy atom. The van der Waals surface area contributed by atoms with E-state index in [4.69, 9.17) is 4.74 Å². The summed E-state index contributed by atoms with van der Waals surface area (Å²) in [6.45, 7) is 7.55. The van der Waals surface area contributed by atoms with E-state index in [9.17, 15) is 5.11 Å². The van der Waals surface area contributed by atoms with Gasteiger partial charge in [0.1, 0.15) is 0 Å². The number of likely N-dealkylation sites (tertiary alicyclic amines) is 1. The Morgan fingerprint density at radius 3 is 1.94 bits per heavy atom. The Balaban J connectivity index is 1.66. The second-order valence-electron chi connectivity index (χ2n) is 5.28. The number of rotatable bonds is 4. The van der Waals surface area contributed by atoms with Crippen LogP contribution in [0.3, 0.4) is 0 Å². The van der Waals surface area contributed by atoms with Crippen molar-refractivity contribution in [1.29, 1.82) is 0 Å². The minimum atomic E-state index is -0.203. The standard InChI is InChI=1S/C13H26N2O2/c16-13(12-15-7-9-17-10-8-15)11-14-5-3-1-2-4-6-14/h13,16H,1-12H2. The number of nitrogens with zero attached hydrogens (tertiary/aromatic N) is 2. The van der Waals surface area contributed by atoms with Crippen LogP contribution in [0.15, 0.2) is 0 Å². The number of hydrogen-bond acceptors (Lipinski definition) is 4. The minimum absolute atomic E-state index is 0.203. The molecule has 2 aliphatic heterocycles. The van der Waals surface area contributed by atoms with Crippen molar-refractivity contribution in [3.05, 3.63) is 0 Å². The second-order valence-corrected chi connectivity index (χ2v) is 5.28. The van der Waals surface area contributed by atoms with Gasteiger partial charge in [-0.1, -0.05) is 12.8 Å². The van der Waals surface area contributed by atoms with Gasteiger partial charge in [0.15, 0.2) is 0 Å². The van der Waals surface area contributed by atoms with Crippen LogP contribution >= 0.6 is 0 Å². The van der Waals surface area contributed by atoms with Crippen LogP contribution in [0.2, 0.25) is 0 Å². The largest absolute Gasteiger partial charge is 0.390 e. The molecule has 0 spiro atoms. The van der Waals surface area contributed by atoms with Crippen molar-refractivity contribution in [2.75, 3.05) is 52.5 Å². The molecule has 0 radical (unpaired) electrons. The highest BCUT2D eigenvalue weighted by molar-refractivity contribution is 4.72. The predicted molar refractivity (Wildman–Crippen MR) is 68.2 cm³/mol. The van der Waals surface area contributed by atoms with Gasteiger partial charge in [-0.15, -0.1) is 0 Å². The summed E-state index contributed by atoms with van der Waals surface area (Å²) in [6.07, 6.45) is 5.10. The molecule has 0 saturated carbocycles. The first-order valence-electron chi connectivity index (χ1n) is 7.05. The molecule has 4 nitrogen and oxygen atoms in total. The molecular formula is C13H26N2O2. The minimum Gasteiger partial charge on any atom is -0.390 e. The van der Waals surface area contributed by atoms with E-state index >= 15 is 0 Å². The summed E-state index contributed by atoms with van der Waals surface area (Å²) in [6, 6.07) is 0. The van der Waals surface area contributed by atoms with E-state index in [0.717, 1.165) is 39.4 Å². The maximum Gasteiger partial charge on any atom is 0.0793 e. The van der Waals surface area contributed by atoms with E-state index < -0.39 is 0 Å². The zero-order valence-electron chi connectivity index (χ0n) is 10.8. The van der Waals surface area contributed by atoms with Crippen molar-refractivity contribution < 1.29 is 9.84 Å². The molecule has 17 heavy (non-hydrogen) atoms. The summed E-state index contributed by atoms with van der Waals surface area (Å²) in [5.41, 5.74) is 0. The molecule has 0 aliphatic carbocycles. The molecule has 4 heteroatoms. The van der Waals surface area contributed by atoms with E-state index in [1.165, 1.54) is 38.8 Å². The van der Waals surface area contributed by atoms with Gasteiger partial charge in [0.25, 0.3) is 0 Å². The molecule has 1 atom stereocenters. The van der Waals surface area contributed by atoms with E-state index in [1.807, 2.05) is 0 Å². The molecule has 0 aromatic rings. The molecule has 100 valence electrons. The smallest absolute Gasteiger partial charge is 0.0793 e. The second kappa shape index (κ2) is 7.31. The molecule has 2 aliphatic rings. The summed E-state index contributed by atoms with van der Waals surface area (Å²) in [5.74, 6) is 0. The van der Waals surface area contributed by atoms with Crippen molar-refractivity contribution in [2.24, 2.45) is 0 Å². The first-order valence-corrected chi connectivity index (χ1v) is 7.05. The van der Waals surface area contributed by atoms with Gasteiger partial charge in [-0.25, -0.2) is 0 Å². The fourth-order valence-corrected chi connectivity index (χ4v) is 2.76. The van der Waals surface area contributed by atoms with Crippen molar-refractivity contribution in [1.82, 2.24) is 9.80 Å². The van der Waals surface area contributed by atoms with Crippen LogP contribution in [0.5, 0.6) is 0 Å². The molecule has 2 fully saturated rings. The number of ether oxygens (including phenoxy) is 1. The van der Waals surface area contributed by atoms with E-state index in [0.29, 0.717) is 0 Å². The fraction of sp³-hybridized carbons (Fsp3) is 1.00. The van der Waals surface area contributed by atoms with Gasteiger partial charge < -0.3 is 14.7 Å². The first-order chi connectivity index (χ1) is 8.34. The topological polar surface area (TPSA) is 35.9 Å². The maximum atomic E-state index is 10.1. The number of aliphatic hydroxyl groups is 1. The first kappa shape index (κ1) is 13.3. The van der Waals surface area contributed by atoms with Crippen LogP contribution in [0.4, 0.5) is 0 Å². The van der Waals surface area contributed by atoms with E-state index in [1.54, 1.807) is 0 Å². The molecule has 1 unspecified atom stereocenters. The van der Waals surface area contributed by atoms with Gasteiger partial charge in [-0.3, -0.25) is 4.90 Å². The number of aliphatic hydroxyl groups excluding tert-OH is 1. The van der Waals surface area contributed by atoms with Crippen LogP contribution in [-0.4, -0.2) is 73.5 Å². The average Bonchev–Trinajstić information content (AvgIpc) is 2.59. The lowest BCUT2D eigenvalue weighted by Crippen LogP contribution is -2.44. The zero-order chi connectivity index (χ0) is 11.9. The zero-order valence-corrected chi connectivity index (χ0v) is 10.8. The van der Waals surface area contributed by atoms with Crippen molar-refractivity contribution in [3.63, 3.8) is 0 Å². The lowest BCUT2D eigenvalue weighted by molar-refractivity contribution is 0.00718. The van der Waals surface area contributed by atoms with Gasteiger partial charge in [0.2, 0.25) is 0 Å². The van der Waals surface area contributed by atoms with Gasteiger partial charge in [0, 0.05) is 26.2 Å². The summed E-state index contributed by atoms with van der Waals surface area (Å²) in [4.78, 5) is 4.74. The normalized spacial score (nSPS) is 26.6. The Bertz CT molecular complexity index is 200. The van der Waals surface area contributed by atoms with Crippen molar-refractivity contribution >= 4 is 0 Å². The molecule has 0 bridgehead atoms. The molecule has 0 amide bonds. The van der Waals surface area contributed by atoms with E-state index in [-0.39, 0.29) is 6.10 Å². The molecule has 0 aromatic heterocycles. The van der Waals surface area contributed by atoms with Gasteiger partial charge in [-0.05, 0) is 25.9 Å². The van der Waals surface area contributed by atoms with Crippen LogP contribution in [-0.2, 0) is 4.74 Å². The number of morpholine rings is 1. The van der Waals surface area contributed by atoms with Crippen LogP contribution in [0.25, 0.3) is 0 Å². The van der Waals surface area contributed by atoms with Gasteiger partial charge >= 0.3 is 0 Å². The van der Waals surface area contributed by atoms with E-state index in [2.05, 4.69) is 9.80 Å². The SMILES string of the molecule is OC(CN1CCCCCC1)CN1CCOCC1. The summed E-state index contributed by atoms with van der Waals surface area (Å²) >= 11 is 0. The Morgan fingerprint density at radius 2 is 1.35 bits per heavy atom. The molecule has 0 aromatic carbocycles. The lowest BCUT2D eigenvalue weighted by atomic mass is 10.2. The van der Waals surface area contributed by atoms with Crippen LogP contribution in [0.1, 0.15) is 25.7 Å². The quantitative estimate of drug-likeness (QED) is 0.781. The van der Waals surface area contributed by atoms with Crippen molar-refractivity contribution in [3.8, 4) is 0 Å². The van der Waals surface area contributed by atoms with Gasteiger partial charge in [0.05, 0.1) is 19.3 Å².